The van der Waals surface area contributed by atoms with Crippen LogP contribution in [0, 0.1) is 0 Å². The Morgan fingerprint density at radius 3 is 2.43 bits per heavy atom. The van der Waals surface area contributed by atoms with Crippen LogP contribution >= 0.6 is 23.2 Å². The number of methoxy groups -OCH3 is 2. The third kappa shape index (κ3) is 3.82. The summed E-state index contributed by atoms with van der Waals surface area (Å²) in [5.41, 5.74) is 1.51. The van der Waals surface area contributed by atoms with Crippen LogP contribution in [0.25, 0.3) is 0 Å². The molecule has 2 rings (SSSR count). The molecule has 0 bridgehead atoms. The van der Waals surface area contributed by atoms with Gasteiger partial charge in [0.25, 0.3) is 0 Å². The Morgan fingerprint density at radius 1 is 1.05 bits per heavy atom. The van der Waals surface area contributed by atoms with Crippen LogP contribution in [0.15, 0.2) is 36.4 Å². The molecule has 2 aromatic rings. The Hall–Kier alpha value is -1.42. The lowest BCUT2D eigenvalue weighted by Crippen LogP contribution is -2.05. The van der Waals surface area contributed by atoms with E-state index in [1.165, 1.54) is 0 Å². The van der Waals surface area contributed by atoms with Crippen molar-refractivity contribution in [3.05, 3.63) is 57.6 Å². The van der Waals surface area contributed by atoms with E-state index in [0.717, 1.165) is 5.56 Å². The van der Waals surface area contributed by atoms with Gasteiger partial charge in [-0.25, -0.2) is 0 Å². The van der Waals surface area contributed by atoms with Gasteiger partial charge in [-0.2, -0.15) is 0 Å². The Labute approximate surface area is 134 Å². The zero-order valence-corrected chi connectivity index (χ0v) is 13.3. The molecule has 0 fully saturated rings. The first-order valence-electron chi connectivity index (χ1n) is 6.39. The summed E-state index contributed by atoms with van der Waals surface area (Å²) < 4.78 is 10.4. The second-order valence-corrected chi connectivity index (χ2v) is 5.41. The average molecular weight is 327 g/mol. The van der Waals surface area contributed by atoms with Gasteiger partial charge >= 0.3 is 0 Å². The number of benzene rings is 2. The summed E-state index contributed by atoms with van der Waals surface area (Å²) in [5.74, 6) is 1.25. The van der Waals surface area contributed by atoms with Gasteiger partial charge in [-0.15, -0.1) is 0 Å². The fraction of sp³-hybridized carbons (Fsp3) is 0.250. The predicted octanol–water partition coefficient (Wildman–Crippen LogP) is 4.29. The first-order valence-corrected chi connectivity index (χ1v) is 7.14. The molecule has 1 atom stereocenters. The molecule has 0 aliphatic rings. The van der Waals surface area contributed by atoms with Crippen molar-refractivity contribution < 1.29 is 14.6 Å². The molecule has 1 N–H and O–H groups in total. The van der Waals surface area contributed by atoms with Crippen LogP contribution in [0.5, 0.6) is 11.5 Å². The van der Waals surface area contributed by atoms with Crippen LogP contribution in [-0.2, 0) is 6.42 Å². The highest BCUT2D eigenvalue weighted by atomic mass is 35.5. The van der Waals surface area contributed by atoms with Gasteiger partial charge in [-0.05, 0) is 29.8 Å². The number of halogens is 2. The largest absolute Gasteiger partial charge is 0.497 e. The van der Waals surface area contributed by atoms with E-state index in [9.17, 15) is 5.11 Å². The smallest absolute Gasteiger partial charge is 0.128 e. The molecule has 1 unspecified atom stereocenters. The van der Waals surface area contributed by atoms with E-state index in [1.54, 1.807) is 44.6 Å². The van der Waals surface area contributed by atoms with Crippen molar-refractivity contribution in [2.75, 3.05) is 14.2 Å². The number of ether oxygens (including phenoxy) is 2. The Bertz CT molecular complexity index is 629. The molecule has 0 heterocycles. The topological polar surface area (TPSA) is 38.7 Å². The molecule has 3 nitrogen and oxygen atoms in total. The van der Waals surface area contributed by atoms with Gasteiger partial charge in [-0.3, -0.25) is 0 Å². The molecule has 112 valence electrons. The number of hydrogen-bond acceptors (Lipinski definition) is 3. The molecule has 0 saturated heterocycles. The summed E-state index contributed by atoms with van der Waals surface area (Å²) >= 11 is 12.0. The molecular formula is C16H16Cl2O3. The number of hydrogen-bond donors (Lipinski definition) is 1. The molecule has 0 aliphatic carbocycles. The van der Waals surface area contributed by atoms with E-state index < -0.39 is 6.10 Å². The highest BCUT2D eigenvalue weighted by Gasteiger charge is 2.16. The highest BCUT2D eigenvalue weighted by molar-refractivity contribution is 6.35. The SMILES string of the molecule is COc1ccc(C(O)Cc2ccc(Cl)cc2Cl)c(OC)c1. The molecule has 0 aromatic heterocycles. The fourth-order valence-electron chi connectivity index (χ4n) is 2.10. The second-order valence-electron chi connectivity index (χ2n) is 4.56. The molecule has 0 radical (unpaired) electrons. The molecule has 0 spiro atoms. The van der Waals surface area contributed by atoms with E-state index in [0.29, 0.717) is 33.5 Å². The number of aliphatic hydroxyl groups excluding tert-OH is 1. The lowest BCUT2D eigenvalue weighted by Gasteiger charge is -2.16. The Kier molecular flexibility index (Phi) is 5.34. The van der Waals surface area contributed by atoms with E-state index >= 15 is 0 Å². The second kappa shape index (κ2) is 7.03. The zero-order chi connectivity index (χ0) is 15.4. The quantitative estimate of drug-likeness (QED) is 0.890. The lowest BCUT2D eigenvalue weighted by molar-refractivity contribution is 0.174. The standard InChI is InChI=1S/C16H16Cl2O3/c1-20-12-5-6-13(16(9-12)21-2)15(19)7-10-3-4-11(17)8-14(10)18/h3-6,8-9,15,19H,7H2,1-2H3. The van der Waals surface area contributed by atoms with Gasteiger partial charge in [0.05, 0.1) is 20.3 Å². The van der Waals surface area contributed by atoms with E-state index in [-0.39, 0.29) is 0 Å². The van der Waals surface area contributed by atoms with Crippen LogP contribution < -0.4 is 9.47 Å². The van der Waals surface area contributed by atoms with Gasteiger partial charge in [-0.1, -0.05) is 29.3 Å². The maximum absolute atomic E-state index is 10.4. The van der Waals surface area contributed by atoms with E-state index in [2.05, 4.69) is 0 Å². The minimum Gasteiger partial charge on any atom is -0.497 e. The van der Waals surface area contributed by atoms with Crippen molar-refractivity contribution in [3.63, 3.8) is 0 Å². The summed E-state index contributed by atoms with van der Waals surface area (Å²) in [7, 11) is 3.14. The normalized spacial score (nSPS) is 12.0. The third-order valence-electron chi connectivity index (χ3n) is 3.23. The Balaban J connectivity index is 2.25. The Morgan fingerprint density at radius 2 is 1.81 bits per heavy atom. The van der Waals surface area contributed by atoms with Gasteiger partial charge in [0.15, 0.2) is 0 Å². The van der Waals surface area contributed by atoms with Gasteiger partial charge < -0.3 is 14.6 Å². The van der Waals surface area contributed by atoms with Crippen LogP contribution in [0.1, 0.15) is 17.2 Å². The average Bonchev–Trinajstić information content (AvgIpc) is 2.49. The van der Waals surface area contributed by atoms with Crippen molar-refractivity contribution in [3.8, 4) is 11.5 Å². The molecule has 21 heavy (non-hydrogen) atoms. The highest BCUT2D eigenvalue weighted by Crippen LogP contribution is 2.32. The van der Waals surface area contributed by atoms with Crippen molar-refractivity contribution in [2.24, 2.45) is 0 Å². The predicted molar refractivity (Wildman–Crippen MR) is 84.7 cm³/mol. The van der Waals surface area contributed by atoms with Crippen LogP contribution in [0.2, 0.25) is 10.0 Å². The van der Waals surface area contributed by atoms with Gasteiger partial charge in [0.1, 0.15) is 11.5 Å². The lowest BCUT2D eigenvalue weighted by atomic mass is 10.0. The summed E-state index contributed by atoms with van der Waals surface area (Å²) in [4.78, 5) is 0. The van der Waals surface area contributed by atoms with Crippen molar-refractivity contribution in [1.29, 1.82) is 0 Å². The maximum atomic E-state index is 10.4. The van der Waals surface area contributed by atoms with Crippen molar-refractivity contribution in [2.45, 2.75) is 12.5 Å². The molecule has 0 saturated carbocycles. The van der Waals surface area contributed by atoms with Crippen molar-refractivity contribution in [1.82, 2.24) is 0 Å². The summed E-state index contributed by atoms with van der Waals surface area (Å²) in [5, 5.41) is 11.5. The number of rotatable bonds is 5. The van der Waals surface area contributed by atoms with Crippen LogP contribution in [0.3, 0.4) is 0 Å². The van der Waals surface area contributed by atoms with Gasteiger partial charge in [0, 0.05) is 28.1 Å². The maximum Gasteiger partial charge on any atom is 0.128 e. The molecule has 0 aliphatic heterocycles. The summed E-state index contributed by atoms with van der Waals surface area (Å²) in [6.45, 7) is 0. The summed E-state index contributed by atoms with van der Waals surface area (Å²) in [6, 6.07) is 10.5. The zero-order valence-electron chi connectivity index (χ0n) is 11.8. The monoisotopic (exact) mass is 326 g/mol. The fourth-order valence-corrected chi connectivity index (χ4v) is 2.58. The van der Waals surface area contributed by atoms with Crippen molar-refractivity contribution >= 4 is 23.2 Å². The van der Waals surface area contributed by atoms with Gasteiger partial charge in [0.2, 0.25) is 0 Å². The van der Waals surface area contributed by atoms with E-state index in [1.807, 2.05) is 6.07 Å². The third-order valence-corrected chi connectivity index (χ3v) is 3.81. The first-order chi connectivity index (χ1) is 10.0. The van der Waals surface area contributed by atoms with Crippen LogP contribution in [-0.4, -0.2) is 19.3 Å². The molecular weight excluding hydrogens is 311 g/mol. The minimum atomic E-state index is -0.732. The first kappa shape index (κ1) is 16.0. The minimum absolute atomic E-state index is 0.374. The molecule has 5 heteroatoms. The summed E-state index contributed by atoms with van der Waals surface area (Å²) in [6.07, 6.45) is -0.358. The molecule has 2 aromatic carbocycles. The van der Waals surface area contributed by atoms with Crippen LogP contribution in [0.4, 0.5) is 0 Å². The molecule has 0 amide bonds. The number of aliphatic hydroxyl groups is 1. The van der Waals surface area contributed by atoms with E-state index in [4.69, 9.17) is 32.7 Å².